The lowest BCUT2D eigenvalue weighted by atomic mass is 9.82. The van der Waals surface area contributed by atoms with Gasteiger partial charge < -0.3 is 14.8 Å². The third-order valence-electron chi connectivity index (χ3n) is 3.90. The van der Waals surface area contributed by atoms with Gasteiger partial charge in [0.05, 0.1) is 11.6 Å². The standard InChI is InChI=1S/C15H22ClNO2/c1-3-17-14(12-6-4-5-7-13(12)16)15(18-2)8-10-19-11-9-15/h4-7,14,17H,3,8-11H2,1-2H3. The van der Waals surface area contributed by atoms with Crippen molar-refractivity contribution in [3.05, 3.63) is 34.9 Å². The van der Waals surface area contributed by atoms with Crippen LogP contribution in [0.5, 0.6) is 0 Å². The molecule has 1 aromatic carbocycles. The van der Waals surface area contributed by atoms with Gasteiger partial charge in [-0.1, -0.05) is 36.7 Å². The number of ether oxygens (including phenoxy) is 2. The molecule has 106 valence electrons. The van der Waals surface area contributed by atoms with Gasteiger partial charge in [-0.3, -0.25) is 0 Å². The highest BCUT2D eigenvalue weighted by Crippen LogP contribution is 2.39. The fourth-order valence-corrected chi connectivity index (χ4v) is 3.07. The van der Waals surface area contributed by atoms with Crippen LogP contribution in [0.2, 0.25) is 5.02 Å². The molecule has 19 heavy (non-hydrogen) atoms. The van der Waals surface area contributed by atoms with Crippen molar-refractivity contribution in [2.45, 2.75) is 31.4 Å². The molecule has 4 heteroatoms. The van der Waals surface area contributed by atoms with E-state index in [2.05, 4.69) is 18.3 Å². The van der Waals surface area contributed by atoms with Crippen LogP contribution in [0.1, 0.15) is 31.4 Å². The van der Waals surface area contributed by atoms with Crippen molar-refractivity contribution in [3.8, 4) is 0 Å². The third-order valence-corrected chi connectivity index (χ3v) is 4.24. The van der Waals surface area contributed by atoms with Crippen LogP contribution in [0.15, 0.2) is 24.3 Å². The first-order valence-corrected chi connectivity index (χ1v) is 7.22. The smallest absolute Gasteiger partial charge is 0.0916 e. The van der Waals surface area contributed by atoms with Gasteiger partial charge >= 0.3 is 0 Å². The Morgan fingerprint density at radius 3 is 2.63 bits per heavy atom. The van der Waals surface area contributed by atoms with E-state index in [0.29, 0.717) is 0 Å². The Morgan fingerprint density at radius 2 is 2.05 bits per heavy atom. The number of likely N-dealkylation sites (N-methyl/N-ethyl adjacent to an activating group) is 1. The summed E-state index contributed by atoms with van der Waals surface area (Å²) < 4.78 is 11.4. The first kappa shape index (κ1) is 14.8. The topological polar surface area (TPSA) is 30.5 Å². The third kappa shape index (κ3) is 3.11. The highest BCUT2D eigenvalue weighted by Gasteiger charge is 2.41. The lowest BCUT2D eigenvalue weighted by Gasteiger charge is -2.43. The van der Waals surface area contributed by atoms with E-state index in [1.807, 2.05) is 18.2 Å². The number of hydrogen-bond donors (Lipinski definition) is 1. The molecule has 1 heterocycles. The molecule has 1 atom stereocenters. The molecule has 0 radical (unpaired) electrons. The summed E-state index contributed by atoms with van der Waals surface area (Å²) in [6.07, 6.45) is 1.76. The Balaban J connectivity index is 2.35. The van der Waals surface area contributed by atoms with Crippen LogP contribution in [0, 0.1) is 0 Å². The second-order valence-corrected chi connectivity index (χ2v) is 5.30. The van der Waals surface area contributed by atoms with Crippen LogP contribution in [0.25, 0.3) is 0 Å². The van der Waals surface area contributed by atoms with Gasteiger partial charge in [-0.05, 0) is 18.2 Å². The lowest BCUT2D eigenvalue weighted by Crippen LogP contribution is -2.49. The number of rotatable bonds is 5. The molecule has 0 spiro atoms. The Labute approximate surface area is 120 Å². The van der Waals surface area contributed by atoms with Gasteiger partial charge in [-0.15, -0.1) is 0 Å². The first-order chi connectivity index (χ1) is 9.23. The Morgan fingerprint density at radius 1 is 1.37 bits per heavy atom. The number of methoxy groups -OCH3 is 1. The summed E-state index contributed by atoms with van der Waals surface area (Å²) in [6.45, 7) is 4.45. The summed E-state index contributed by atoms with van der Waals surface area (Å²) in [5, 5.41) is 4.32. The highest BCUT2D eigenvalue weighted by molar-refractivity contribution is 6.31. The molecule has 1 unspecified atom stereocenters. The minimum absolute atomic E-state index is 0.0973. The van der Waals surface area contributed by atoms with Crippen LogP contribution < -0.4 is 5.32 Å². The average Bonchev–Trinajstić information content (AvgIpc) is 2.46. The van der Waals surface area contributed by atoms with Gasteiger partial charge in [0.15, 0.2) is 0 Å². The Kier molecular flexibility index (Phi) is 5.22. The number of nitrogens with one attached hydrogen (secondary N) is 1. The molecule has 0 amide bonds. The largest absolute Gasteiger partial charge is 0.381 e. The maximum atomic E-state index is 6.37. The molecule has 0 bridgehead atoms. The molecule has 1 aliphatic rings. The molecular formula is C15H22ClNO2. The van der Waals surface area contributed by atoms with Gasteiger partial charge in [0.25, 0.3) is 0 Å². The molecule has 1 N–H and O–H groups in total. The van der Waals surface area contributed by atoms with Gasteiger partial charge in [-0.2, -0.15) is 0 Å². The van der Waals surface area contributed by atoms with E-state index < -0.39 is 0 Å². The zero-order valence-electron chi connectivity index (χ0n) is 11.6. The van der Waals surface area contributed by atoms with Crippen molar-refractivity contribution in [1.82, 2.24) is 5.32 Å². The quantitative estimate of drug-likeness (QED) is 0.900. The zero-order valence-corrected chi connectivity index (χ0v) is 12.4. The molecular weight excluding hydrogens is 262 g/mol. The van der Waals surface area contributed by atoms with Crippen molar-refractivity contribution in [2.75, 3.05) is 26.9 Å². The first-order valence-electron chi connectivity index (χ1n) is 6.84. The van der Waals surface area contributed by atoms with E-state index in [1.54, 1.807) is 7.11 Å². The Hall–Kier alpha value is -0.610. The van der Waals surface area contributed by atoms with Gasteiger partial charge in [-0.25, -0.2) is 0 Å². The van der Waals surface area contributed by atoms with E-state index in [4.69, 9.17) is 21.1 Å². The van der Waals surface area contributed by atoms with Crippen LogP contribution >= 0.6 is 11.6 Å². The van der Waals surface area contributed by atoms with Crippen LogP contribution in [0.3, 0.4) is 0 Å². The van der Waals surface area contributed by atoms with Gasteiger partial charge in [0.2, 0.25) is 0 Å². The van der Waals surface area contributed by atoms with Crippen LogP contribution in [0.4, 0.5) is 0 Å². The van der Waals surface area contributed by atoms with Crippen molar-refractivity contribution >= 4 is 11.6 Å². The van der Waals surface area contributed by atoms with Crippen molar-refractivity contribution < 1.29 is 9.47 Å². The van der Waals surface area contributed by atoms with Gasteiger partial charge in [0.1, 0.15) is 0 Å². The van der Waals surface area contributed by atoms with Crippen LogP contribution in [-0.4, -0.2) is 32.5 Å². The normalized spacial score (nSPS) is 20.2. The fourth-order valence-electron chi connectivity index (χ4n) is 2.82. The average molecular weight is 284 g/mol. The molecule has 2 rings (SSSR count). The van der Waals surface area contributed by atoms with Crippen LogP contribution in [-0.2, 0) is 9.47 Å². The predicted molar refractivity (Wildman–Crippen MR) is 77.7 cm³/mol. The lowest BCUT2D eigenvalue weighted by molar-refractivity contribution is -0.111. The Bertz CT molecular complexity index is 405. The summed E-state index contributed by atoms with van der Waals surface area (Å²) in [6, 6.07) is 8.09. The molecule has 0 aromatic heterocycles. The van der Waals surface area contributed by atoms with E-state index in [-0.39, 0.29) is 11.6 Å². The van der Waals surface area contributed by atoms with Crippen molar-refractivity contribution in [2.24, 2.45) is 0 Å². The SMILES string of the molecule is CCNC(c1ccccc1Cl)C1(OC)CCOCC1. The minimum Gasteiger partial charge on any atom is -0.381 e. The molecule has 1 aliphatic heterocycles. The van der Waals surface area contributed by atoms with Gasteiger partial charge in [0, 0.05) is 38.2 Å². The maximum Gasteiger partial charge on any atom is 0.0916 e. The van der Waals surface area contributed by atoms with Crippen molar-refractivity contribution in [1.29, 1.82) is 0 Å². The monoisotopic (exact) mass is 283 g/mol. The summed E-state index contributed by atoms with van der Waals surface area (Å²) in [5.41, 5.74) is 0.869. The molecule has 1 fully saturated rings. The molecule has 0 saturated carbocycles. The fraction of sp³-hybridized carbons (Fsp3) is 0.600. The second-order valence-electron chi connectivity index (χ2n) is 4.89. The number of benzene rings is 1. The number of hydrogen-bond acceptors (Lipinski definition) is 3. The maximum absolute atomic E-state index is 6.37. The van der Waals surface area contributed by atoms with E-state index in [0.717, 1.165) is 43.2 Å². The summed E-state index contributed by atoms with van der Waals surface area (Å²) in [5.74, 6) is 0. The zero-order chi connectivity index (χ0) is 13.7. The van der Waals surface area contributed by atoms with E-state index >= 15 is 0 Å². The summed E-state index contributed by atoms with van der Waals surface area (Å²) in [4.78, 5) is 0. The number of halogens is 1. The summed E-state index contributed by atoms with van der Waals surface area (Å²) >= 11 is 6.37. The predicted octanol–water partition coefficient (Wildman–Crippen LogP) is 3.19. The highest BCUT2D eigenvalue weighted by atomic mass is 35.5. The van der Waals surface area contributed by atoms with Crippen molar-refractivity contribution in [3.63, 3.8) is 0 Å². The molecule has 3 nitrogen and oxygen atoms in total. The molecule has 1 saturated heterocycles. The van der Waals surface area contributed by atoms with E-state index in [1.165, 1.54) is 0 Å². The second kappa shape index (κ2) is 6.71. The molecule has 0 aliphatic carbocycles. The minimum atomic E-state index is -0.237. The summed E-state index contributed by atoms with van der Waals surface area (Å²) in [7, 11) is 1.78. The molecule has 1 aromatic rings. The van der Waals surface area contributed by atoms with E-state index in [9.17, 15) is 0 Å².